The number of aryl methyl sites for hydroxylation is 1. The van der Waals surface area contributed by atoms with Gasteiger partial charge in [0.05, 0.1) is 0 Å². The fourth-order valence-electron chi connectivity index (χ4n) is 2.26. The molecule has 2 rings (SSSR count). The summed E-state index contributed by atoms with van der Waals surface area (Å²) in [5.74, 6) is 1.82. The highest BCUT2D eigenvalue weighted by molar-refractivity contribution is 5.62. The van der Waals surface area contributed by atoms with Gasteiger partial charge in [-0.2, -0.15) is 0 Å². The first-order valence-corrected chi connectivity index (χ1v) is 7.64. The van der Waals surface area contributed by atoms with Crippen molar-refractivity contribution in [1.82, 2.24) is 9.97 Å². The Morgan fingerprint density at radius 1 is 1.14 bits per heavy atom. The van der Waals surface area contributed by atoms with Gasteiger partial charge >= 0.3 is 0 Å². The van der Waals surface area contributed by atoms with Gasteiger partial charge in [-0.1, -0.05) is 25.5 Å². The maximum Gasteiger partial charge on any atom is 0.138 e. The molecule has 1 aromatic carbocycles. The Labute approximate surface area is 127 Å². The first-order valence-electron chi connectivity index (χ1n) is 7.64. The van der Waals surface area contributed by atoms with Crippen molar-refractivity contribution in [3.63, 3.8) is 0 Å². The molecule has 0 unspecified atom stereocenters. The van der Waals surface area contributed by atoms with Gasteiger partial charge in [0.2, 0.25) is 0 Å². The van der Waals surface area contributed by atoms with Crippen molar-refractivity contribution >= 4 is 17.3 Å². The minimum absolute atomic E-state index is 0.870. The van der Waals surface area contributed by atoms with E-state index in [0.29, 0.717) is 0 Å². The fourth-order valence-corrected chi connectivity index (χ4v) is 2.26. The summed E-state index contributed by atoms with van der Waals surface area (Å²) in [6, 6.07) is 10.5. The molecule has 1 aromatic heterocycles. The lowest BCUT2D eigenvalue weighted by Gasteiger charge is -2.22. The number of rotatable bonds is 7. The summed E-state index contributed by atoms with van der Waals surface area (Å²) in [5, 5.41) is 3.35. The Bertz CT molecular complexity index is 568. The van der Waals surface area contributed by atoms with E-state index >= 15 is 0 Å². The Morgan fingerprint density at radius 3 is 2.71 bits per heavy atom. The number of unbranched alkanes of at least 4 members (excludes halogenated alkanes) is 1. The molecule has 0 amide bonds. The van der Waals surface area contributed by atoms with Gasteiger partial charge in [-0.25, -0.2) is 9.97 Å². The number of nitrogens with one attached hydrogen (secondary N) is 1. The largest absolute Gasteiger partial charge is 0.370 e. The molecule has 0 fully saturated rings. The highest BCUT2D eigenvalue weighted by Gasteiger charge is 2.09. The van der Waals surface area contributed by atoms with Gasteiger partial charge in [-0.05, 0) is 38.0 Å². The summed E-state index contributed by atoms with van der Waals surface area (Å²) >= 11 is 0. The third-order valence-electron chi connectivity index (χ3n) is 3.40. The number of hydrogen-bond acceptors (Lipinski definition) is 4. The van der Waals surface area contributed by atoms with Crippen molar-refractivity contribution in [2.75, 3.05) is 23.3 Å². The smallest absolute Gasteiger partial charge is 0.138 e. The van der Waals surface area contributed by atoms with Crippen molar-refractivity contribution in [3.05, 3.63) is 42.2 Å². The fraction of sp³-hybridized carbons (Fsp3) is 0.412. The molecule has 0 saturated heterocycles. The highest BCUT2D eigenvalue weighted by Crippen LogP contribution is 2.25. The van der Waals surface area contributed by atoms with Crippen molar-refractivity contribution in [2.24, 2.45) is 0 Å². The molecule has 1 N–H and O–H groups in total. The van der Waals surface area contributed by atoms with Gasteiger partial charge < -0.3 is 10.2 Å². The molecular formula is C17H24N4. The average molecular weight is 284 g/mol. The molecule has 2 aromatic rings. The minimum atomic E-state index is 0.870. The van der Waals surface area contributed by atoms with Gasteiger partial charge in [0.25, 0.3) is 0 Å². The molecule has 112 valence electrons. The summed E-state index contributed by atoms with van der Waals surface area (Å²) in [6.07, 6.45) is 3.95. The van der Waals surface area contributed by atoms with Crippen LogP contribution in [0.1, 0.15) is 32.3 Å². The quantitative estimate of drug-likeness (QED) is 0.775. The second kappa shape index (κ2) is 7.62. The molecule has 0 spiro atoms. The monoisotopic (exact) mass is 284 g/mol. The zero-order chi connectivity index (χ0) is 15.1. The van der Waals surface area contributed by atoms with Gasteiger partial charge in [0.15, 0.2) is 0 Å². The molecule has 0 saturated carbocycles. The minimum Gasteiger partial charge on any atom is -0.370 e. The lowest BCUT2D eigenvalue weighted by molar-refractivity contribution is 0.830. The summed E-state index contributed by atoms with van der Waals surface area (Å²) in [7, 11) is 0. The molecule has 1 heterocycles. The first-order chi connectivity index (χ1) is 10.2. The van der Waals surface area contributed by atoms with Crippen LogP contribution in [0.25, 0.3) is 0 Å². The van der Waals surface area contributed by atoms with Crippen LogP contribution < -0.4 is 10.2 Å². The number of nitrogens with zero attached hydrogens (tertiary/aromatic N) is 3. The number of anilines is 3. The van der Waals surface area contributed by atoms with Crippen LogP contribution in [0, 0.1) is 6.92 Å². The zero-order valence-electron chi connectivity index (χ0n) is 13.1. The van der Waals surface area contributed by atoms with Gasteiger partial charge in [-0.15, -0.1) is 0 Å². The maximum atomic E-state index is 4.42. The van der Waals surface area contributed by atoms with Crippen LogP contribution in [0.4, 0.5) is 17.3 Å². The molecule has 0 aliphatic rings. The topological polar surface area (TPSA) is 41.0 Å². The molecule has 4 nitrogen and oxygen atoms in total. The molecule has 0 bridgehead atoms. The Morgan fingerprint density at radius 2 is 2.00 bits per heavy atom. The standard InChI is InChI=1S/C17H24N4/c1-4-6-10-18-16-12-17(20-13-19-16)21(5-2)15-9-7-8-14(3)11-15/h7-9,11-13H,4-6,10H2,1-3H3,(H,18,19,20). The number of benzene rings is 1. The number of aromatic nitrogens is 2. The second-order valence-corrected chi connectivity index (χ2v) is 5.13. The van der Waals surface area contributed by atoms with E-state index in [-0.39, 0.29) is 0 Å². The maximum absolute atomic E-state index is 4.42. The lowest BCUT2D eigenvalue weighted by Crippen LogP contribution is -2.18. The van der Waals surface area contributed by atoms with Crippen LogP contribution in [-0.4, -0.2) is 23.1 Å². The average Bonchev–Trinajstić information content (AvgIpc) is 2.49. The molecule has 0 aliphatic heterocycles. The van der Waals surface area contributed by atoms with Crippen LogP contribution in [-0.2, 0) is 0 Å². The van der Waals surface area contributed by atoms with E-state index < -0.39 is 0 Å². The molecular weight excluding hydrogens is 260 g/mol. The van der Waals surface area contributed by atoms with Gasteiger partial charge in [0.1, 0.15) is 18.0 Å². The van der Waals surface area contributed by atoms with Crippen molar-refractivity contribution in [2.45, 2.75) is 33.6 Å². The highest BCUT2D eigenvalue weighted by atomic mass is 15.2. The molecule has 0 atom stereocenters. The Kier molecular flexibility index (Phi) is 5.55. The van der Waals surface area contributed by atoms with Crippen LogP contribution in [0.3, 0.4) is 0 Å². The van der Waals surface area contributed by atoms with Gasteiger partial charge in [-0.3, -0.25) is 0 Å². The van der Waals surface area contributed by atoms with E-state index in [1.807, 2.05) is 6.07 Å². The van der Waals surface area contributed by atoms with E-state index in [4.69, 9.17) is 0 Å². The van der Waals surface area contributed by atoms with E-state index in [0.717, 1.165) is 36.8 Å². The second-order valence-electron chi connectivity index (χ2n) is 5.13. The van der Waals surface area contributed by atoms with Crippen molar-refractivity contribution < 1.29 is 0 Å². The van der Waals surface area contributed by atoms with Crippen LogP contribution >= 0.6 is 0 Å². The van der Waals surface area contributed by atoms with Crippen LogP contribution in [0.5, 0.6) is 0 Å². The molecule has 21 heavy (non-hydrogen) atoms. The Hall–Kier alpha value is -2.10. The third-order valence-corrected chi connectivity index (χ3v) is 3.40. The summed E-state index contributed by atoms with van der Waals surface area (Å²) in [6.45, 7) is 8.24. The Balaban J connectivity index is 2.20. The van der Waals surface area contributed by atoms with E-state index in [1.165, 1.54) is 12.0 Å². The molecule has 0 aliphatic carbocycles. The van der Waals surface area contributed by atoms with Crippen LogP contribution in [0.15, 0.2) is 36.7 Å². The van der Waals surface area contributed by atoms with Crippen molar-refractivity contribution in [3.8, 4) is 0 Å². The SMILES string of the molecule is CCCCNc1cc(N(CC)c2cccc(C)c2)ncn1. The van der Waals surface area contributed by atoms with E-state index in [1.54, 1.807) is 6.33 Å². The van der Waals surface area contributed by atoms with Gasteiger partial charge in [0, 0.05) is 24.8 Å². The van der Waals surface area contributed by atoms with Crippen molar-refractivity contribution in [1.29, 1.82) is 0 Å². The van der Waals surface area contributed by atoms with E-state index in [9.17, 15) is 0 Å². The normalized spacial score (nSPS) is 10.4. The molecule has 0 radical (unpaired) electrons. The first kappa shape index (κ1) is 15.3. The number of hydrogen-bond donors (Lipinski definition) is 1. The lowest BCUT2D eigenvalue weighted by atomic mass is 10.2. The predicted octanol–water partition coefficient (Wildman–Crippen LogP) is 4.16. The molecule has 4 heteroatoms. The van der Waals surface area contributed by atoms with E-state index in [2.05, 4.69) is 65.2 Å². The summed E-state index contributed by atoms with van der Waals surface area (Å²) in [5.41, 5.74) is 2.41. The summed E-state index contributed by atoms with van der Waals surface area (Å²) < 4.78 is 0. The predicted molar refractivity (Wildman–Crippen MR) is 89.3 cm³/mol. The third kappa shape index (κ3) is 4.18. The van der Waals surface area contributed by atoms with Crippen LogP contribution in [0.2, 0.25) is 0 Å². The zero-order valence-corrected chi connectivity index (χ0v) is 13.1. The summed E-state index contributed by atoms with van der Waals surface area (Å²) in [4.78, 5) is 10.9.